The Balaban J connectivity index is 2.06. The number of nitrogens with two attached hydrogens (primary N) is 1. The van der Waals surface area contributed by atoms with Gasteiger partial charge in [-0.05, 0) is 37.1 Å². The summed E-state index contributed by atoms with van der Waals surface area (Å²) in [4.78, 5) is 11.8. The van der Waals surface area contributed by atoms with Crippen LogP contribution in [0.15, 0.2) is 18.2 Å². The summed E-state index contributed by atoms with van der Waals surface area (Å²) < 4.78 is 27.7. The van der Waals surface area contributed by atoms with Crippen molar-refractivity contribution in [2.75, 3.05) is 17.2 Å². The van der Waals surface area contributed by atoms with E-state index in [1.165, 1.54) is 0 Å². The number of carbonyl (C=O) groups excluding carboxylic acids is 1. The number of benzene rings is 1. The van der Waals surface area contributed by atoms with E-state index in [0.29, 0.717) is 17.7 Å². The molecule has 2 N–H and O–H groups in total. The predicted molar refractivity (Wildman–Crippen MR) is 68.1 cm³/mol. The second-order valence-electron chi connectivity index (χ2n) is 4.50. The Morgan fingerprint density at radius 2 is 2.17 bits per heavy atom. The quantitative estimate of drug-likeness (QED) is 0.637. The van der Waals surface area contributed by atoms with Gasteiger partial charge < -0.3 is 10.5 Å². The molecule has 1 saturated heterocycles. The van der Waals surface area contributed by atoms with Crippen molar-refractivity contribution >= 4 is 21.5 Å². The third kappa shape index (κ3) is 2.81. The van der Waals surface area contributed by atoms with Crippen molar-refractivity contribution in [3.05, 3.63) is 29.3 Å². The van der Waals surface area contributed by atoms with Crippen LogP contribution in [0.2, 0.25) is 0 Å². The van der Waals surface area contributed by atoms with Crippen molar-refractivity contribution in [3.63, 3.8) is 0 Å². The summed E-state index contributed by atoms with van der Waals surface area (Å²) in [5.41, 5.74) is 7.45. The van der Waals surface area contributed by atoms with Crippen LogP contribution in [0, 0.1) is 6.92 Å². The van der Waals surface area contributed by atoms with Gasteiger partial charge in [-0.2, -0.15) is 0 Å². The average Bonchev–Trinajstić information content (AvgIpc) is 2.62. The monoisotopic (exact) mass is 269 g/mol. The molecule has 0 amide bonds. The molecule has 0 aliphatic carbocycles. The van der Waals surface area contributed by atoms with Crippen LogP contribution in [0.25, 0.3) is 0 Å². The summed E-state index contributed by atoms with van der Waals surface area (Å²) in [6.45, 7) is 1.80. The van der Waals surface area contributed by atoms with Crippen LogP contribution in [-0.2, 0) is 14.6 Å². The number of sulfone groups is 1. The highest BCUT2D eigenvalue weighted by molar-refractivity contribution is 7.91. The van der Waals surface area contributed by atoms with Crippen molar-refractivity contribution in [3.8, 4) is 0 Å². The maximum Gasteiger partial charge on any atom is 0.338 e. The van der Waals surface area contributed by atoms with Crippen LogP contribution in [0.5, 0.6) is 0 Å². The van der Waals surface area contributed by atoms with Crippen molar-refractivity contribution in [1.82, 2.24) is 0 Å². The Labute approximate surface area is 106 Å². The Bertz CT molecular complexity index is 580. The zero-order chi connectivity index (χ0) is 13.3. The van der Waals surface area contributed by atoms with Gasteiger partial charge >= 0.3 is 5.97 Å². The number of esters is 1. The molecule has 2 rings (SSSR count). The van der Waals surface area contributed by atoms with Gasteiger partial charge in [0.05, 0.1) is 17.1 Å². The summed E-state index contributed by atoms with van der Waals surface area (Å²) in [5.74, 6) is -0.488. The second kappa shape index (κ2) is 4.61. The molecule has 98 valence electrons. The molecule has 0 aromatic heterocycles. The first-order valence-corrected chi connectivity index (χ1v) is 7.47. The van der Waals surface area contributed by atoms with Gasteiger partial charge in [0.15, 0.2) is 9.84 Å². The molecule has 1 fully saturated rings. The molecular formula is C12H15NO4S. The molecule has 1 aliphatic heterocycles. The molecule has 0 bridgehead atoms. The highest BCUT2D eigenvalue weighted by atomic mass is 32.2. The van der Waals surface area contributed by atoms with Crippen LogP contribution in [0.3, 0.4) is 0 Å². The predicted octanol–water partition coefficient (Wildman–Crippen LogP) is 0.921. The number of rotatable bonds is 2. The summed E-state index contributed by atoms with van der Waals surface area (Å²) in [6.07, 6.45) is -0.150. The fourth-order valence-corrected chi connectivity index (χ4v) is 3.47. The first kappa shape index (κ1) is 12.9. The second-order valence-corrected chi connectivity index (χ2v) is 6.73. The fourth-order valence-electron chi connectivity index (χ4n) is 1.88. The van der Waals surface area contributed by atoms with Gasteiger partial charge in [-0.1, -0.05) is 0 Å². The van der Waals surface area contributed by atoms with Crippen LogP contribution < -0.4 is 5.73 Å². The molecule has 1 heterocycles. The van der Waals surface area contributed by atoms with E-state index in [2.05, 4.69) is 0 Å². The van der Waals surface area contributed by atoms with Gasteiger partial charge in [-0.25, -0.2) is 13.2 Å². The zero-order valence-electron chi connectivity index (χ0n) is 10.0. The highest BCUT2D eigenvalue weighted by Gasteiger charge is 2.30. The summed E-state index contributed by atoms with van der Waals surface area (Å²) in [6, 6.07) is 4.85. The van der Waals surface area contributed by atoms with Crippen molar-refractivity contribution in [1.29, 1.82) is 0 Å². The number of anilines is 1. The zero-order valence-corrected chi connectivity index (χ0v) is 10.9. The van der Waals surface area contributed by atoms with Gasteiger partial charge in [0.1, 0.15) is 6.10 Å². The van der Waals surface area contributed by atoms with E-state index in [0.717, 1.165) is 5.56 Å². The molecule has 0 saturated carbocycles. The van der Waals surface area contributed by atoms with E-state index < -0.39 is 21.9 Å². The molecule has 1 aromatic carbocycles. The molecule has 0 radical (unpaired) electrons. The van der Waals surface area contributed by atoms with Crippen LogP contribution in [0.1, 0.15) is 22.3 Å². The maximum atomic E-state index is 11.8. The van der Waals surface area contributed by atoms with Crippen molar-refractivity contribution in [2.45, 2.75) is 19.4 Å². The molecule has 6 heteroatoms. The largest absolute Gasteiger partial charge is 0.458 e. The SMILES string of the molecule is Cc1cc(C(=O)OC2CCS(=O)(=O)C2)ccc1N. The molecule has 5 nitrogen and oxygen atoms in total. The lowest BCUT2D eigenvalue weighted by Crippen LogP contribution is -2.19. The van der Waals surface area contributed by atoms with Crippen LogP contribution >= 0.6 is 0 Å². The lowest BCUT2D eigenvalue weighted by atomic mass is 10.1. The Hall–Kier alpha value is -1.56. The number of hydrogen-bond acceptors (Lipinski definition) is 5. The minimum absolute atomic E-state index is 0.0767. The minimum atomic E-state index is -3.04. The lowest BCUT2D eigenvalue weighted by Gasteiger charge is -2.11. The molecule has 0 spiro atoms. The van der Waals surface area contributed by atoms with Gasteiger partial charge in [0.2, 0.25) is 0 Å². The van der Waals surface area contributed by atoms with E-state index in [9.17, 15) is 13.2 Å². The summed E-state index contributed by atoms with van der Waals surface area (Å²) in [5, 5.41) is 0. The number of carbonyl (C=O) groups is 1. The maximum absolute atomic E-state index is 11.8. The smallest absolute Gasteiger partial charge is 0.338 e. The first-order chi connectivity index (χ1) is 8.37. The summed E-state index contributed by atoms with van der Waals surface area (Å²) in [7, 11) is -3.04. The van der Waals surface area contributed by atoms with Crippen molar-refractivity contribution in [2.24, 2.45) is 0 Å². The normalized spacial score (nSPS) is 21.7. The molecule has 18 heavy (non-hydrogen) atoms. The molecule has 1 aromatic rings. The van der Waals surface area contributed by atoms with Crippen molar-refractivity contribution < 1.29 is 17.9 Å². The standard InChI is InChI=1S/C12H15NO4S/c1-8-6-9(2-3-11(8)13)12(14)17-10-4-5-18(15,16)7-10/h2-3,6,10H,4-5,7,13H2,1H3. The first-order valence-electron chi connectivity index (χ1n) is 5.65. The number of aryl methyl sites for hydroxylation is 1. The Morgan fingerprint density at radius 3 is 2.72 bits per heavy atom. The van der Waals surface area contributed by atoms with Crippen LogP contribution in [-0.4, -0.2) is 32.0 Å². The Morgan fingerprint density at radius 1 is 1.44 bits per heavy atom. The molecule has 1 atom stereocenters. The Kier molecular flexibility index (Phi) is 3.30. The lowest BCUT2D eigenvalue weighted by molar-refractivity contribution is 0.0356. The number of nitrogen functional groups attached to an aromatic ring is 1. The molecule has 1 aliphatic rings. The number of ether oxygens (including phenoxy) is 1. The average molecular weight is 269 g/mol. The van der Waals surface area contributed by atoms with Gasteiger partial charge in [0.25, 0.3) is 0 Å². The van der Waals surface area contributed by atoms with E-state index >= 15 is 0 Å². The van der Waals surface area contributed by atoms with E-state index in [4.69, 9.17) is 10.5 Å². The van der Waals surface area contributed by atoms with E-state index in [1.807, 2.05) is 0 Å². The van der Waals surface area contributed by atoms with E-state index in [-0.39, 0.29) is 11.5 Å². The van der Waals surface area contributed by atoms with E-state index in [1.54, 1.807) is 25.1 Å². The minimum Gasteiger partial charge on any atom is -0.458 e. The van der Waals surface area contributed by atoms with Gasteiger partial charge in [0, 0.05) is 5.69 Å². The summed E-state index contributed by atoms with van der Waals surface area (Å²) >= 11 is 0. The topological polar surface area (TPSA) is 86.5 Å². The number of hydrogen-bond donors (Lipinski definition) is 1. The third-order valence-electron chi connectivity index (χ3n) is 2.97. The fraction of sp³-hybridized carbons (Fsp3) is 0.417. The van der Waals surface area contributed by atoms with Gasteiger partial charge in [-0.15, -0.1) is 0 Å². The highest BCUT2D eigenvalue weighted by Crippen LogP contribution is 2.18. The molecule has 1 unspecified atom stereocenters. The van der Waals surface area contributed by atoms with Crippen LogP contribution in [0.4, 0.5) is 5.69 Å². The molecular weight excluding hydrogens is 254 g/mol. The third-order valence-corrected chi connectivity index (χ3v) is 4.71. The van der Waals surface area contributed by atoms with Gasteiger partial charge in [-0.3, -0.25) is 0 Å².